The van der Waals surface area contributed by atoms with E-state index in [1.54, 1.807) is 0 Å². The van der Waals surface area contributed by atoms with Crippen molar-refractivity contribution in [2.75, 3.05) is 19.6 Å². The number of hydrogen-bond donors (Lipinski definition) is 1. The van der Waals surface area contributed by atoms with E-state index in [-0.39, 0.29) is 12.5 Å². The zero-order valence-corrected chi connectivity index (χ0v) is 8.56. The van der Waals surface area contributed by atoms with Crippen LogP contribution in [0.1, 0.15) is 20.3 Å². The molecule has 1 N–H and O–H groups in total. The molecule has 1 aliphatic heterocycles. The summed E-state index contributed by atoms with van der Waals surface area (Å²) in [6.45, 7) is 5.25. The summed E-state index contributed by atoms with van der Waals surface area (Å²) in [6, 6.07) is 0. The lowest BCUT2D eigenvalue weighted by Gasteiger charge is -2.27. The topological polar surface area (TPSA) is 60.9 Å². The lowest BCUT2D eigenvalue weighted by atomic mass is 10.2. The van der Waals surface area contributed by atoms with Crippen LogP contribution in [-0.2, 0) is 9.59 Å². The van der Waals surface area contributed by atoms with Crippen molar-refractivity contribution in [3.8, 4) is 0 Å². The van der Waals surface area contributed by atoms with E-state index in [1.807, 2.05) is 18.9 Å². The fourth-order valence-electron chi connectivity index (χ4n) is 1.56. The molecule has 0 unspecified atom stereocenters. The monoisotopic (exact) mass is 200 g/mol. The van der Waals surface area contributed by atoms with Crippen LogP contribution >= 0.6 is 0 Å². The summed E-state index contributed by atoms with van der Waals surface area (Å²) in [7, 11) is 0. The Hall–Kier alpha value is -1.10. The van der Waals surface area contributed by atoms with E-state index in [0.29, 0.717) is 18.9 Å². The quantitative estimate of drug-likeness (QED) is 0.703. The van der Waals surface area contributed by atoms with E-state index in [9.17, 15) is 9.59 Å². The molecular weight excluding hydrogens is 184 g/mol. The first-order chi connectivity index (χ1) is 6.50. The van der Waals surface area contributed by atoms with Gasteiger partial charge in [0.25, 0.3) is 0 Å². The molecule has 0 aromatic heterocycles. The van der Waals surface area contributed by atoms with Gasteiger partial charge in [0, 0.05) is 19.5 Å². The Morgan fingerprint density at radius 1 is 1.57 bits per heavy atom. The minimum Gasteiger partial charge on any atom is -0.480 e. The molecule has 80 valence electrons. The number of aliphatic carboxylic acids is 1. The second-order valence-electron chi connectivity index (χ2n) is 3.90. The molecule has 5 heteroatoms. The van der Waals surface area contributed by atoms with E-state index >= 15 is 0 Å². The van der Waals surface area contributed by atoms with Gasteiger partial charge in [-0.05, 0) is 5.92 Å². The number of carbonyl (C=O) groups excluding carboxylic acids is 1. The maximum absolute atomic E-state index is 11.3. The molecule has 0 aliphatic carbocycles. The maximum atomic E-state index is 11.3. The van der Waals surface area contributed by atoms with Gasteiger partial charge >= 0.3 is 5.97 Å². The summed E-state index contributed by atoms with van der Waals surface area (Å²) < 4.78 is 0. The lowest BCUT2D eigenvalue weighted by Crippen LogP contribution is -2.43. The summed E-state index contributed by atoms with van der Waals surface area (Å²) >= 11 is 0. The van der Waals surface area contributed by atoms with Crippen LogP contribution in [0.25, 0.3) is 0 Å². The molecule has 0 aromatic rings. The zero-order chi connectivity index (χ0) is 10.7. The van der Waals surface area contributed by atoms with Gasteiger partial charge in [-0.2, -0.15) is 0 Å². The Kier molecular flexibility index (Phi) is 3.46. The van der Waals surface area contributed by atoms with Gasteiger partial charge in [0.05, 0.1) is 0 Å². The molecular formula is C9H16N2O3. The molecule has 0 radical (unpaired) electrons. The highest BCUT2D eigenvalue weighted by atomic mass is 16.4. The SMILES string of the molecule is CC(C)CN1CCC(=O)N1CC(=O)O. The van der Waals surface area contributed by atoms with Crippen molar-refractivity contribution >= 4 is 11.9 Å². The first kappa shape index (κ1) is 11.0. The number of rotatable bonds is 4. The van der Waals surface area contributed by atoms with Crippen LogP contribution in [0.2, 0.25) is 0 Å². The summed E-state index contributed by atoms with van der Waals surface area (Å²) in [5.74, 6) is -0.626. The van der Waals surface area contributed by atoms with Crippen LogP contribution in [0.4, 0.5) is 0 Å². The van der Waals surface area contributed by atoms with Crippen LogP contribution in [0.15, 0.2) is 0 Å². The fourth-order valence-corrected chi connectivity index (χ4v) is 1.56. The van der Waals surface area contributed by atoms with Gasteiger partial charge in [0.1, 0.15) is 6.54 Å². The molecule has 0 atom stereocenters. The maximum Gasteiger partial charge on any atom is 0.324 e. The number of amides is 1. The molecule has 1 rings (SSSR count). The minimum absolute atomic E-state index is 0.0898. The van der Waals surface area contributed by atoms with Crippen LogP contribution in [0.3, 0.4) is 0 Å². The molecule has 1 saturated heterocycles. The first-order valence-corrected chi connectivity index (χ1v) is 4.77. The van der Waals surface area contributed by atoms with E-state index < -0.39 is 5.97 Å². The third-order valence-electron chi connectivity index (χ3n) is 2.07. The fraction of sp³-hybridized carbons (Fsp3) is 0.778. The molecule has 0 aromatic carbocycles. The number of hydrogen-bond acceptors (Lipinski definition) is 3. The van der Waals surface area contributed by atoms with Crippen molar-refractivity contribution in [1.29, 1.82) is 0 Å². The molecule has 1 amide bonds. The molecule has 0 bridgehead atoms. The average molecular weight is 200 g/mol. The van der Waals surface area contributed by atoms with Gasteiger partial charge in [-0.25, -0.2) is 5.01 Å². The number of hydrazine groups is 1. The Labute approximate surface area is 83.3 Å². The van der Waals surface area contributed by atoms with Crippen LogP contribution in [0.5, 0.6) is 0 Å². The third kappa shape index (κ3) is 2.70. The van der Waals surface area contributed by atoms with Crippen molar-refractivity contribution in [3.05, 3.63) is 0 Å². The smallest absolute Gasteiger partial charge is 0.324 e. The summed E-state index contributed by atoms with van der Waals surface area (Å²) in [5, 5.41) is 11.8. The van der Waals surface area contributed by atoms with E-state index in [1.165, 1.54) is 5.01 Å². The van der Waals surface area contributed by atoms with Gasteiger partial charge in [0.2, 0.25) is 5.91 Å². The molecule has 0 saturated carbocycles. The minimum atomic E-state index is -0.964. The Balaban J connectivity index is 2.57. The predicted molar refractivity (Wildman–Crippen MR) is 50.4 cm³/mol. The third-order valence-corrected chi connectivity index (χ3v) is 2.07. The molecule has 5 nitrogen and oxygen atoms in total. The highest BCUT2D eigenvalue weighted by Crippen LogP contribution is 2.13. The van der Waals surface area contributed by atoms with E-state index in [0.717, 1.165) is 6.54 Å². The standard InChI is InChI=1S/C9H16N2O3/c1-7(2)5-10-4-3-8(12)11(10)6-9(13)14/h7H,3-6H2,1-2H3,(H,13,14). The second-order valence-corrected chi connectivity index (χ2v) is 3.90. The normalized spacial score (nSPS) is 18.2. The van der Waals surface area contributed by atoms with Crippen LogP contribution in [-0.4, -0.2) is 46.6 Å². The van der Waals surface area contributed by atoms with E-state index in [4.69, 9.17) is 5.11 Å². The molecule has 1 aliphatic rings. The van der Waals surface area contributed by atoms with Crippen LogP contribution in [0, 0.1) is 5.92 Å². The molecule has 0 spiro atoms. The van der Waals surface area contributed by atoms with Crippen LogP contribution < -0.4 is 0 Å². The highest BCUT2D eigenvalue weighted by molar-refractivity contribution is 5.82. The van der Waals surface area contributed by atoms with Gasteiger partial charge in [-0.1, -0.05) is 13.8 Å². The largest absolute Gasteiger partial charge is 0.480 e. The molecule has 1 fully saturated rings. The summed E-state index contributed by atoms with van der Waals surface area (Å²) in [4.78, 5) is 21.8. The number of nitrogens with zero attached hydrogens (tertiary/aromatic N) is 2. The number of carbonyl (C=O) groups is 2. The van der Waals surface area contributed by atoms with E-state index in [2.05, 4.69) is 0 Å². The summed E-state index contributed by atoms with van der Waals surface area (Å²) in [6.07, 6.45) is 0.431. The van der Waals surface area contributed by atoms with Gasteiger partial charge in [-0.15, -0.1) is 0 Å². The highest BCUT2D eigenvalue weighted by Gasteiger charge is 2.30. The predicted octanol–water partition coefficient (Wildman–Crippen LogP) is 0.176. The van der Waals surface area contributed by atoms with Crippen molar-refractivity contribution < 1.29 is 14.7 Å². The Morgan fingerprint density at radius 3 is 2.71 bits per heavy atom. The summed E-state index contributed by atoms with van der Waals surface area (Å²) in [5.41, 5.74) is 0. The lowest BCUT2D eigenvalue weighted by molar-refractivity contribution is -0.151. The van der Waals surface area contributed by atoms with Crippen molar-refractivity contribution in [2.45, 2.75) is 20.3 Å². The van der Waals surface area contributed by atoms with Crippen molar-refractivity contribution in [1.82, 2.24) is 10.0 Å². The van der Waals surface area contributed by atoms with Crippen molar-refractivity contribution in [3.63, 3.8) is 0 Å². The molecule has 1 heterocycles. The van der Waals surface area contributed by atoms with Crippen molar-refractivity contribution in [2.24, 2.45) is 5.92 Å². The van der Waals surface area contributed by atoms with Gasteiger partial charge in [0.15, 0.2) is 0 Å². The van der Waals surface area contributed by atoms with Gasteiger partial charge < -0.3 is 5.11 Å². The number of carboxylic acid groups (broad SMARTS) is 1. The Morgan fingerprint density at radius 2 is 2.21 bits per heavy atom. The number of carboxylic acids is 1. The molecule has 14 heavy (non-hydrogen) atoms. The second kappa shape index (κ2) is 4.41. The first-order valence-electron chi connectivity index (χ1n) is 4.77. The zero-order valence-electron chi connectivity index (χ0n) is 8.56. The Bertz CT molecular complexity index is 240. The van der Waals surface area contributed by atoms with Gasteiger partial charge in [-0.3, -0.25) is 14.6 Å². The average Bonchev–Trinajstić information content (AvgIpc) is 2.34.